The summed E-state index contributed by atoms with van der Waals surface area (Å²) in [6, 6.07) is 7.33. The van der Waals surface area contributed by atoms with Crippen molar-refractivity contribution in [1.29, 1.82) is 0 Å². The van der Waals surface area contributed by atoms with Gasteiger partial charge in [0.15, 0.2) is 11.6 Å². The average Bonchev–Trinajstić information content (AvgIpc) is 2.90. The molecule has 0 spiro atoms. The van der Waals surface area contributed by atoms with Gasteiger partial charge in [-0.15, -0.1) is 0 Å². The molecule has 2 aromatic carbocycles. The maximum atomic E-state index is 14.4. The Kier molecular flexibility index (Phi) is 7.84. The van der Waals surface area contributed by atoms with Gasteiger partial charge < -0.3 is 31.7 Å². The largest absolute Gasteiger partial charge is 0.510 e. The summed E-state index contributed by atoms with van der Waals surface area (Å²) in [5.74, 6) is -6.67. The molecule has 44 heavy (non-hydrogen) atoms. The summed E-state index contributed by atoms with van der Waals surface area (Å²) >= 11 is 0. The Hall–Kier alpha value is -4.22. The first-order chi connectivity index (χ1) is 20.6. The topological polar surface area (TPSA) is 170 Å². The molecule has 0 saturated heterocycles. The van der Waals surface area contributed by atoms with Gasteiger partial charge in [0.2, 0.25) is 0 Å². The molecule has 11 heteroatoms. The molecule has 7 N–H and O–H groups in total. The predicted molar refractivity (Wildman–Crippen MR) is 164 cm³/mol. The Bertz CT molecular complexity index is 1640. The van der Waals surface area contributed by atoms with Gasteiger partial charge in [0.1, 0.15) is 28.7 Å². The Morgan fingerprint density at radius 3 is 2.27 bits per heavy atom. The SMILES string of the molecule is CN(C)c1cc(CC(C)(N)Cc2ccccc2F)c(O)c2c1CC1CC3C(C(=O)C(C(N)=O)=C(O)[C@H]3N(C)C)C(=O)C1=C2O. The molecule has 3 aliphatic carbocycles. The standard InChI is InChI=1S/C33H39FN4O6/c1-33(36,13-15-8-6-7-9-20(15)34)14-17-12-21(37(2)3)18-10-16-11-19-24(29(41)22(16)28(40)23(18)27(17)39)30(42)25(32(35)44)31(43)26(19)38(4)5/h6-9,12,16,19,24,26,39-40,43H,10-11,13-14,36H2,1-5H3,(H2,35,44)/t16?,19?,24?,26-,33?/m0/s1. The molecule has 5 rings (SSSR count). The molecule has 1 saturated carbocycles. The van der Waals surface area contributed by atoms with E-state index in [0.29, 0.717) is 22.4 Å². The van der Waals surface area contributed by atoms with Gasteiger partial charge in [-0.1, -0.05) is 18.2 Å². The minimum absolute atomic E-state index is 0.00818. The van der Waals surface area contributed by atoms with Crippen LogP contribution in [0.2, 0.25) is 0 Å². The first-order valence-corrected chi connectivity index (χ1v) is 14.5. The van der Waals surface area contributed by atoms with Crippen LogP contribution in [-0.4, -0.2) is 77.5 Å². The molecule has 1 amide bonds. The van der Waals surface area contributed by atoms with E-state index in [1.807, 2.05) is 19.0 Å². The Balaban J connectivity index is 1.61. The van der Waals surface area contributed by atoms with E-state index in [2.05, 4.69) is 0 Å². The first-order valence-electron chi connectivity index (χ1n) is 14.5. The summed E-state index contributed by atoms with van der Waals surface area (Å²) < 4.78 is 14.4. The summed E-state index contributed by atoms with van der Waals surface area (Å²) in [5, 5.41) is 34.2. The molecule has 0 aromatic heterocycles. The first kappa shape index (κ1) is 31.2. The van der Waals surface area contributed by atoms with Gasteiger partial charge in [-0.25, -0.2) is 4.39 Å². The number of ketones is 2. The zero-order valence-corrected chi connectivity index (χ0v) is 25.5. The second kappa shape index (κ2) is 11.0. The van der Waals surface area contributed by atoms with Crippen LogP contribution in [0.1, 0.15) is 35.6 Å². The van der Waals surface area contributed by atoms with Crippen molar-refractivity contribution in [3.63, 3.8) is 0 Å². The zero-order valence-electron chi connectivity index (χ0n) is 25.5. The Morgan fingerprint density at radius 1 is 1.05 bits per heavy atom. The summed E-state index contributed by atoms with van der Waals surface area (Å²) in [4.78, 5) is 43.2. The van der Waals surface area contributed by atoms with Crippen molar-refractivity contribution < 1.29 is 34.1 Å². The number of fused-ring (bicyclic) bond motifs is 3. The second-order valence-electron chi connectivity index (χ2n) is 13.1. The fourth-order valence-corrected chi connectivity index (χ4v) is 7.48. The number of benzene rings is 2. The highest BCUT2D eigenvalue weighted by Crippen LogP contribution is 2.52. The monoisotopic (exact) mass is 606 g/mol. The number of carbonyl (C=O) groups is 3. The summed E-state index contributed by atoms with van der Waals surface area (Å²) in [6.07, 6.45) is 0.851. The summed E-state index contributed by atoms with van der Waals surface area (Å²) in [6.45, 7) is 1.75. The third-order valence-electron chi connectivity index (χ3n) is 9.25. The number of hydrogen-bond donors (Lipinski definition) is 5. The van der Waals surface area contributed by atoms with Crippen LogP contribution in [0, 0.1) is 23.6 Å². The number of anilines is 1. The Morgan fingerprint density at radius 2 is 1.68 bits per heavy atom. The molecule has 0 heterocycles. The van der Waals surface area contributed by atoms with Crippen molar-refractivity contribution >= 4 is 28.9 Å². The van der Waals surface area contributed by atoms with Crippen LogP contribution in [0.5, 0.6) is 5.75 Å². The number of primary amides is 1. The molecule has 0 radical (unpaired) electrons. The highest BCUT2D eigenvalue weighted by Gasteiger charge is 2.56. The zero-order chi connectivity index (χ0) is 32.4. The van der Waals surface area contributed by atoms with Gasteiger partial charge in [-0.2, -0.15) is 0 Å². The van der Waals surface area contributed by atoms with Crippen molar-refractivity contribution in [3.8, 4) is 5.75 Å². The van der Waals surface area contributed by atoms with Crippen molar-refractivity contribution in [2.75, 3.05) is 33.1 Å². The number of allylic oxidation sites excluding steroid dienone is 1. The van der Waals surface area contributed by atoms with Gasteiger partial charge in [-0.05, 0) is 87.4 Å². The molecule has 0 bridgehead atoms. The number of aliphatic hydroxyl groups is 2. The molecular formula is C33H39FN4O6. The third-order valence-corrected chi connectivity index (χ3v) is 9.25. The third kappa shape index (κ3) is 5.03. The lowest BCUT2D eigenvalue weighted by Crippen LogP contribution is -2.55. The lowest BCUT2D eigenvalue weighted by molar-refractivity contribution is -0.136. The van der Waals surface area contributed by atoms with E-state index in [4.69, 9.17) is 11.5 Å². The molecule has 10 nitrogen and oxygen atoms in total. The van der Waals surface area contributed by atoms with Crippen LogP contribution >= 0.6 is 0 Å². The van der Waals surface area contributed by atoms with Crippen molar-refractivity contribution in [3.05, 3.63) is 75.3 Å². The number of aliphatic hydroxyl groups excluding tert-OH is 2. The summed E-state index contributed by atoms with van der Waals surface area (Å²) in [7, 11) is 7.01. The molecule has 4 unspecified atom stereocenters. The smallest absolute Gasteiger partial charge is 0.255 e. The van der Waals surface area contributed by atoms with E-state index >= 15 is 0 Å². The number of hydrogen-bond acceptors (Lipinski definition) is 9. The maximum absolute atomic E-state index is 14.4. The van der Waals surface area contributed by atoms with Gasteiger partial charge in [0.25, 0.3) is 5.91 Å². The fraction of sp³-hybridized carbons (Fsp3) is 0.424. The minimum Gasteiger partial charge on any atom is -0.510 e. The number of nitrogens with two attached hydrogens (primary N) is 2. The number of carbonyl (C=O) groups excluding carboxylic acids is 3. The van der Waals surface area contributed by atoms with Gasteiger partial charge >= 0.3 is 0 Å². The number of likely N-dealkylation sites (N-methyl/N-ethyl adjacent to an activating group) is 1. The van der Waals surface area contributed by atoms with Crippen molar-refractivity contribution in [2.24, 2.45) is 29.2 Å². The van der Waals surface area contributed by atoms with Crippen LogP contribution in [0.4, 0.5) is 10.1 Å². The van der Waals surface area contributed by atoms with Gasteiger partial charge in [-0.3, -0.25) is 19.3 Å². The molecular weight excluding hydrogens is 567 g/mol. The minimum atomic E-state index is -1.33. The van der Waals surface area contributed by atoms with E-state index in [1.165, 1.54) is 6.07 Å². The average molecular weight is 607 g/mol. The number of rotatable bonds is 7. The van der Waals surface area contributed by atoms with E-state index < -0.39 is 63.9 Å². The molecule has 2 aromatic rings. The number of Topliss-reactive ketones (excluding diaryl/α,β-unsaturated/α-hetero) is 2. The van der Waals surface area contributed by atoms with E-state index in [1.54, 1.807) is 50.2 Å². The quantitative estimate of drug-likeness (QED) is 0.235. The predicted octanol–water partition coefficient (Wildman–Crippen LogP) is 2.56. The van der Waals surface area contributed by atoms with Gasteiger partial charge in [0.05, 0.1) is 17.5 Å². The van der Waals surface area contributed by atoms with Crippen LogP contribution in [-0.2, 0) is 33.6 Å². The number of phenols is 1. The molecule has 234 valence electrons. The van der Waals surface area contributed by atoms with Crippen LogP contribution in [0.25, 0.3) is 5.76 Å². The highest BCUT2D eigenvalue weighted by molar-refractivity contribution is 6.28. The number of phenolic OH excluding ortho intramolecular Hbond substituents is 1. The maximum Gasteiger partial charge on any atom is 0.255 e. The number of halogens is 1. The van der Waals surface area contributed by atoms with Crippen molar-refractivity contribution in [1.82, 2.24) is 4.90 Å². The van der Waals surface area contributed by atoms with E-state index in [-0.39, 0.29) is 48.4 Å². The fourth-order valence-electron chi connectivity index (χ4n) is 7.48. The molecule has 1 fully saturated rings. The van der Waals surface area contributed by atoms with E-state index in [9.17, 15) is 34.1 Å². The van der Waals surface area contributed by atoms with Crippen LogP contribution < -0.4 is 16.4 Å². The lowest BCUT2D eigenvalue weighted by atomic mass is 9.59. The number of amides is 1. The number of aromatic hydroxyl groups is 1. The number of nitrogens with zero attached hydrogens (tertiary/aromatic N) is 2. The molecule has 0 aliphatic heterocycles. The van der Waals surface area contributed by atoms with Crippen LogP contribution in [0.15, 0.2) is 47.2 Å². The van der Waals surface area contributed by atoms with Crippen LogP contribution in [0.3, 0.4) is 0 Å². The summed E-state index contributed by atoms with van der Waals surface area (Å²) in [5.41, 5.74) is 12.8. The second-order valence-corrected chi connectivity index (χ2v) is 13.1. The highest BCUT2D eigenvalue weighted by atomic mass is 19.1. The lowest BCUT2D eigenvalue weighted by Gasteiger charge is -2.46. The van der Waals surface area contributed by atoms with E-state index in [0.717, 1.165) is 0 Å². The Labute approximate surface area is 255 Å². The normalized spacial score (nSPS) is 24.5. The molecule has 3 aliphatic rings. The van der Waals surface area contributed by atoms with Crippen molar-refractivity contribution in [2.45, 2.75) is 44.2 Å². The van der Waals surface area contributed by atoms with Gasteiger partial charge in [0, 0.05) is 30.9 Å². The molecule has 5 atom stereocenters.